The predicted octanol–water partition coefficient (Wildman–Crippen LogP) is 2.26. The van der Waals surface area contributed by atoms with Crippen molar-refractivity contribution in [2.75, 3.05) is 18.4 Å². The van der Waals surface area contributed by atoms with Gasteiger partial charge in [-0.15, -0.1) is 0 Å². The van der Waals surface area contributed by atoms with Crippen LogP contribution in [0.4, 0.5) is 5.69 Å². The molecule has 1 aliphatic carbocycles. The molecule has 0 amide bonds. The molecule has 2 nitrogen and oxygen atoms in total. The molecule has 2 rings (SSSR count). The molecule has 15 heavy (non-hydrogen) atoms. The van der Waals surface area contributed by atoms with Crippen molar-refractivity contribution in [2.24, 2.45) is 17.6 Å². The van der Waals surface area contributed by atoms with Gasteiger partial charge in [-0.25, -0.2) is 0 Å². The molecule has 3 N–H and O–H groups in total. The van der Waals surface area contributed by atoms with Crippen molar-refractivity contribution < 1.29 is 0 Å². The van der Waals surface area contributed by atoms with Gasteiger partial charge in [0, 0.05) is 12.2 Å². The van der Waals surface area contributed by atoms with Crippen LogP contribution < -0.4 is 11.1 Å². The number of anilines is 1. The van der Waals surface area contributed by atoms with Gasteiger partial charge in [-0.05, 0) is 48.9 Å². The zero-order chi connectivity index (χ0) is 10.7. The largest absolute Gasteiger partial charge is 0.385 e. The second-order valence-electron chi connectivity index (χ2n) is 4.42. The smallest absolute Gasteiger partial charge is 0.0340 e. The van der Waals surface area contributed by atoms with Gasteiger partial charge in [-0.3, -0.25) is 0 Å². The predicted molar refractivity (Wildman–Crippen MR) is 65.0 cm³/mol. The summed E-state index contributed by atoms with van der Waals surface area (Å²) in [5.41, 5.74) is 8.23. The summed E-state index contributed by atoms with van der Waals surface area (Å²) in [6.45, 7) is 4.10. The lowest BCUT2D eigenvalue weighted by Crippen LogP contribution is -2.09. The lowest BCUT2D eigenvalue weighted by atomic mass is 10.1. The van der Waals surface area contributed by atoms with Crippen molar-refractivity contribution in [3.63, 3.8) is 0 Å². The minimum atomic E-state index is 0.771. The number of nitrogens with one attached hydrogen (secondary N) is 1. The Morgan fingerprint density at radius 1 is 1.27 bits per heavy atom. The summed E-state index contributed by atoms with van der Waals surface area (Å²) in [4.78, 5) is 0. The van der Waals surface area contributed by atoms with E-state index in [1.54, 1.807) is 0 Å². The highest BCUT2D eigenvalue weighted by molar-refractivity contribution is 5.44. The Balaban J connectivity index is 1.79. The third-order valence-corrected chi connectivity index (χ3v) is 3.30. The summed E-state index contributed by atoms with van der Waals surface area (Å²) in [6.07, 6.45) is 2.41. The molecule has 82 valence electrons. The van der Waals surface area contributed by atoms with E-state index in [0.717, 1.165) is 31.3 Å². The van der Waals surface area contributed by atoms with E-state index in [2.05, 4.69) is 36.5 Å². The number of aryl methyl sites for hydroxylation is 1. The fourth-order valence-electron chi connectivity index (χ4n) is 1.96. The molecule has 0 heterocycles. The second kappa shape index (κ2) is 4.67. The van der Waals surface area contributed by atoms with Crippen LogP contribution in [-0.2, 0) is 6.42 Å². The molecule has 0 unspecified atom stereocenters. The normalized spacial score (nSPS) is 23.9. The van der Waals surface area contributed by atoms with Crippen molar-refractivity contribution in [3.8, 4) is 0 Å². The average Bonchev–Trinajstić information content (AvgIpc) is 3.06. The van der Waals surface area contributed by atoms with Crippen LogP contribution in [0.3, 0.4) is 0 Å². The molecule has 1 aliphatic rings. The van der Waals surface area contributed by atoms with E-state index in [-0.39, 0.29) is 0 Å². The molecular weight excluding hydrogens is 184 g/mol. The highest BCUT2D eigenvalue weighted by atomic mass is 14.9. The number of benzene rings is 1. The van der Waals surface area contributed by atoms with Crippen LogP contribution in [0.15, 0.2) is 24.3 Å². The monoisotopic (exact) mass is 204 g/mol. The molecule has 0 aromatic heterocycles. The van der Waals surface area contributed by atoms with Crippen LogP contribution in [0.25, 0.3) is 0 Å². The molecule has 1 aromatic rings. The van der Waals surface area contributed by atoms with Gasteiger partial charge in [0.1, 0.15) is 0 Å². The quantitative estimate of drug-likeness (QED) is 0.772. The van der Waals surface area contributed by atoms with Crippen molar-refractivity contribution in [1.82, 2.24) is 0 Å². The maximum atomic E-state index is 5.60. The number of hydrogen-bond acceptors (Lipinski definition) is 2. The molecule has 2 atom stereocenters. The van der Waals surface area contributed by atoms with Gasteiger partial charge < -0.3 is 11.1 Å². The average molecular weight is 204 g/mol. The first-order chi connectivity index (χ1) is 7.33. The third-order valence-electron chi connectivity index (χ3n) is 3.30. The van der Waals surface area contributed by atoms with E-state index in [4.69, 9.17) is 5.73 Å². The van der Waals surface area contributed by atoms with Crippen LogP contribution in [0.2, 0.25) is 0 Å². The van der Waals surface area contributed by atoms with Gasteiger partial charge in [0.2, 0.25) is 0 Å². The summed E-state index contributed by atoms with van der Waals surface area (Å²) in [5, 5.41) is 3.47. The fraction of sp³-hybridized carbons (Fsp3) is 0.538. The summed E-state index contributed by atoms with van der Waals surface area (Å²) < 4.78 is 0. The lowest BCUT2D eigenvalue weighted by molar-refractivity contribution is 0.733. The molecule has 1 aromatic carbocycles. The Labute approximate surface area is 91.9 Å². The summed E-state index contributed by atoms with van der Waals surface area (Å²) in [6, 6.07) is 8.71. The summed E-state index contributed by atoms with van der Waals surface area (Å²) in [5.74, 6) is 1.58. The highest BCUT2D eigenvalue weighted by Gasteiger charge is 2.34. The zero-order valence-electron chi connectivity index (χ0n) is 9.37. The summed E-state index contributed by atoms with van der Waals surface area (Å²) >= 11 is 0. The first kappa shape index (κ1) is 10.5. The molecular formula is C13H20N2. The van der Waals surface area contributed by atoms with Crippen molar-refractivity contribution >= 4 is 5.69 Å². The Kier molecular flexibility index (Phi) is 3.27. The van der Waals surface area contributed by atoms with Crippen molar-refractivity contribution in [1.29, 1.82) is 0 Å². The maximum Gasteiger partial charge on any atom is 0.0340 e. The van der Waals surface area contributed by atoms with Gasteiger partial charge in [0.05, 0.1) is 0 Å². The van der Waals surface area contributed by atoms with Crippen LogP contribution in [0.5, 0.6) is 0 Å². The maximum absolute atomic E-state index is 5.60. The van der Waals surface area contributed by atoms with Crippen LogP contribution >= 0.6 is 0 Å². The molecule has 0 spiro atoms. The Bertz CT molecular complexity index is 305. The van der Waals surface area contributed by atoms with Crippen molar-refractivity contribution in [2.45, 2.75) is 19.8 Å². The first-order valence-corrected chi connectivity index (χ1v) is 5.86. The molecule has 0 radical (unpaired) electrons. The number of hydrogen-bond donors (Lipinski definition) is 2. The highest BCUT2D eigenvalue weighted by Crippen LogP contribution is 2.37. The van der Waals surface area contributed by atoms with Gasteiger partial charge in [0.15, 0.2) is 0 Å². The number of rotatable bonds is 5. The molecule has 1 saturated carbocycles. The van der Waals surface area contributed by atoms with E-state index in [1.165, 1.54) is 17.7 Å². The number of nitrogens with two attached hydrogens (primary N) is 1. The van der Waals surface area contributed by atoms with E-state index in [9.17, 15) is 0 Å². The van der Waals surface area contributed by atoms with Gasteiger partial charge in [0.25, 0.3) is 0 Å². The minimum absolute atomic E-state index is 0.771. The molecule has 1 fully saturated rings. The second-order valence-corrected chi connectivity index (χ2v) is 4.42. The SMILES string of the molecule is CCc1ccc(NC[C@@H]2C[C@H]2CN)cc1. The van der Waals surface area contributed by atoms with Gasteiger partial charge in [-0.1, -0.05) is 19.1 Å². The summed E-state index contributed by atoms with van der Waals surface area (Å²) in [7, 11) is 0. The molecule has 0 aliphatic heterocycles. The van der Waals surface area contributed by atoms with Crippen LogP contribution in [0.1, 0.15) is 18.9 Å². The Morgan fingerprint density at radius 2 is 2.00 bits per heavy atom. The zero-order valence-corrected chi connectivity index (χ0v) is 9.37. The first-order valence-electron chi connectivity index (χ1n) is 5.86. The molecule has 0 bridgehead atoms. The minimum Gasteiger partial charge on any atom is -0.385 e. The molecule has 2 heteroatoms. The van der Waals surface area contributed by atoms with Gasteiger partial charge in [-0.2, -0.15) is 0 Å². The third kappa shape index (κ3) is 2.72. The standard InChI is InChI=1S/C13H20N2/c1-2-10-3-5-13(6-4-10)15-9-12-7-11(12)8-14/h3-6,11-12,15H,2,7-9,14H2,1H3/t11-,12-/m0/s1. The fourth-order valence-corrected chi connectivity index (χ4v) is 1.96. The van der Waals surface area contributed by atoms with Crippen LogP contribution in [-0.4, -0.2) is 13.1 Å². The van der Waals surface area contributed by atoms with E-state index in [0.29, 0.717) is 0 Å². The van der Waals surface area contributed by atoms with E-state index < -0.39 is 0 Å². The van der Waals surface area contributed by atoms with Gasteiger partial charge >= 0.3 is 0 Å². The lowest BCUT2D eigenvalue weighted by Gasteiger charge is -2.06. The topological polar surface area (TPSA) is 38.0 Å². The van der Waals surface area contributed by atoms with E-state index >= 15 is 0 Å². The Morgan fingerprint density at radius 3 is 2.53 bits per heavy atom. The van der Waals surface area contributed by atoms with Crippen LogP contribution in [0, 0.1) is 11.8 Å². The Hall–Kier alpha value is -1.02. The van der Waals surface area contributed by atoms with E-state index in [1.807, 2.05) is 0 Å². The van der Waals surface area contributed by atoms with Crippen molar-refractivity contribution in [3.05, 3.63) is 29.8 Å². The molecule has 0 saturated heterocycles.